The number of thiazole rings is 1. The molecule has 2 aromatic carbocycles. The molecule has 7 heteroatoms. The van der Waals surface area contributed by atoms with Gasteiger partial charge in [-0.3, -0.25) is 10.1 Å². The molecule has 0 saturated carbocycles. The van der Waals surface area contributed by atoms with Crippen LogP contribution in [0.1, 0.15) is 11.3 Å². The molecule has 0 spiro atoms. The monoisotopic (exact) mass is 454 g/mol. The second-order valence-electron chi connectivity index (χ2n) is 7.27. The van der Waals surface area contributed by atoms with E-state index in [9.17, 15) is 10.1 Å². The molecule has 1 N–H and O–H groups in total. The average Bonchev–Trinajstić information content (AvgIpc) is 3.49. The second kappa shape index (κ2) is 10.4. The van der Waals surface area contributed by atoms with Gasteiger partial charge in [0.1, 0.15) is 24.0 Å². The Labute approximate surface area is 196 Å². The molecule has 4 rings (SSSR count). The van der Waals surface area contributed by atoms with Gasteiger partial charge in [0.25, 0.3) is 5.91 Å². The van der Waals surface area contributed by atoms with E-state index in [4.69, 9.17) is 4.74 Å². The lowest BCUT2D eigenvalue weighted by Gasteiger charge is -2.11. The summed E-state index contributed by atoms with van der Waals surface area (Å²) in [4.78, 5) is 17.2. The van der Waals surface area contributed by atoms with E-state index in [-0.39, 0.29) is 5.57 Å². The van der Waals surface area contributed by atoms with Crippen molar-refractivity contribution in [2.45, 2.75) is 13.5 Å². The van der Waals surface area contributed by atoms with Gasteiger partial charge in [0.15, 0.2) is 5.13 Å². The Kier molecular flexibility index (Phi) is 6.98. The highest BCUT2D eigenvalue weighted by Crippen LogP contribution is 2.25. The van der Waals surface area contributed by atoms with Crippen LogP contribution in [0.3, 0.4) is 0 Å². The number of nitrogens with zero attached hydrogens (tertiary/aromatic N) is 3. The number of nitrogens with one attached hydrogen (secondary N) is 1. The van der Waals surface area contributed by atoms with Gasteiger partial charge in [0, 0.05) is 22.8 Å². The summed E-state index contributed by atoms with van der Waals surface area (Å²) in [6, 6.07) is 23.3. The van der Waals surface area contributed by atoms with Crippen molar-refractivity contribution < 1.29 is 9.53 Å². The van der Waals surface area contributed by atoms with Gasteiger partial charge in [-0.2, -0.15) is 5.26 Å². The molecule has 33 heavy (non-hydrogen) atoms. The van der Waals surface area contributed by atoms with Gasteiger partial charge in [0.2, 0.25) is 0 Å². The zero-order valence-corrected chi connectivity index (χ0v) is 18.9. The summed E-state index contributed by atoms with van der Waals surface area (Å²) < 4.78 is 7.81. The molecule has 4 aromatic rings. The Bertz CT molecular complexity index is 1320. The Hall–Kier alpha value is -4.15. The number of carbonyl (C=O) groups is 1. The van der Waals surface area contributed by atoms with Crippen molar-refractivity contribution in [1.29, 1.82) is 5.26 Å². The van der Waals surface area contributed by atoms with Crippen LogP contribution in [0, 0.1) is 18.3 Å². The topological polar surface area (TPSA) is 79.9 Å². The van der Waals surface area contributed by atoms with Crippen molar-refractivity contribution in [3.63, 3.8) is 0 Å². The molecular formula is C26H22N4O2S. The minimum absolute atomic E-state index is 0.00577. The summed E-state index contributed by atoms with van der Waals surface area (Å²) in [6.45, 7) is 3.05. The molecule has 1 amide bonds. The zero-order valence-electron chi connectivity index (χ0n) is 18.1. The Morgan fingerprint density at radius 3 is 2.73 bits per heavy atom. The summed E-state index contributed by atoms with van der Waals surface area (Å²) in [7, 11) is 0. The molecule has 0 fully saturated rings. The van der Waals surface area contributed by atoms with Gasteiger partial charge in [-0.1, -0.05) is 48.5 Å². The van der Waals surface area contributed by atoms with Crippen molar-refractivity contribution in [3.8, 4) is 23.1 Å². The number of amides is 1. The Balaban J connectivity index is 1.41. The maximum Gasteiger partial charge on any atom is 0.268 e. The number of nitriles is 1. The third kappa shape index (κ3) is 5.56. The number of aromatic nitrogens is 2. The summed E-state index contributed by atoms with van der Waals surface area (Å²) in [6.07, 6.45) is 3.47. The molecule has 2 aromatic heterocycles. The molecule has 6 nitrogen and oxygen atoms in total. The van der Waals surface area contributed by atoms with Crippen LogP contribution in [0.5, 0.6) is 5.75 Å². The largest absolute Gasteiger partial charge is 0.491 e. The first kappa shape index (κ1) is 22.1. The summed E-state index contributed by atoms with van der Waals surface area (Å²) in [5.74, 6) is 0.354. The highest BCUT2D eigenvalue weighted by Gasteiger charge is 2.13. The summed E-state index contributed by atoms with van der Waals surface area (Å²) >= 11 is 1.32. The maximum absolute atomic E-state index is 12.7. The minimum Gasteiger partial charge on any atom is -0.491 e. The normalized spacial score (nSPS) is 11.1. The summed E-state index contributed by atoms with van der Waals surface area (Å²) in [5.41, 5.74) is 3.58. The highest BCUT2D eigenvalue weighted by molar-refractivity contribution is 7.14. The second-order valence-corrected chi connectivity index (χ2v) is 8.13. The van der Waals surface area contributed by atoms with Crippen molar-refractivity contribution in [2.75, 3.05) is 11.9 Å². The van der Waals surface area contributed by atoms with Gasteiger partial charge in [0.05, 0.1) is 12.2 Å². The van der Waals surface area contributed by atoms with Crippen LogP contribution in [0.25, 0.3) is 17.3 Å². The number of para-hydroxylation sites is 1. The van der Waals surface area contributed by atoms with Crippen molar-refractivity contribution in [3.05, 3.63) is 95.1 Å². The fraction of sp³-hybridized carbons (Fsp3) is 0.115. The quantitative estimate of drug-likeness (QED) is 0.280. The van der Waals surface area contributed by atoms with Gasteiger partial charge in [-0.05, 0) is 36.8 Å². The van der Waals surface area contributed by atoms with Crippen LogP contribution < -0.4 is 10.1 Å². The minimum atomic E-state index is -0.490. The van der Waals surface area contributed by atoms with E-state index < -0.39 is 5.91 Å². The fourth-order valence-electron chi connectivity index (χ4n) is 3.27. The SMILES string of the molecule is Cc1ccccc1OCCn1cccc1/C=C(/C#N)C(=O)Nc1nc(-c2ccccc2)cs1. The number of rotatable bonds is 8. The lowest BCUT2D eigenvalue weighted by atomic mass is 10.2. The number of aryl methyl sites for hydroxylation is 1. The van der Waals surface area contributed by atoms with Crippen molar-refractivity contribution in [1.82, 2.24) is 9.55 Å². The van der Waals surface area contributed by atoms with Crippen molar-refractivity contribution in [2.24, 2.45) is 0 Å². The number of hydrogen-bond acceptors (Lipinski definition) is 5. The molecular weight excluding hydrogens is 432 g/mol. The zero-order chi connectivity index (χ0) is 23.0. The maximum atomic E-state index is 12.7. The van der Waals surface area contributed by atoms with Crippen LogP contribution in [-0.2, 0) is 11.3 Å². The van der Waals surface area contributed by atoms with E-state index in [1.807, 2.05) is 95.9 Å². The molecule has 0 radical (unpaired) electrons. The lowest BCUT2D eigenvalue weighted by molar-refractivity contribution is -0.112. The first-order valence-electron chi connectivity index (χ1n) is 10.4. The number of ether oxygens (including phenoxy) is 1. The third-order valence-electron chi connectivity index (χ3n) is 5.00. The predicted octanol–water partition coefficient (Wildman–Crippen LogP) is 5.54. The Morgan fingerprint density at radius 1 is 1.15 bits per heavy atom. The van der Waals surface area contributed by atoms with E-state index in [0.29, 0.717) is 18.3 Å². The van der Waals surface area contributed by atoms with Crippen LogP contribution in [0.4, 0.5) is 5.13 Å². The molecule has 0 saturated heterocycles. The first-order chi connectivity index (χ1) is 16.1. The van der Waals surface area contributed by atoms with Gasteiger partial charge in [-0.25, -0.2) is 4.98 Å². The van der Waals surface area contributed by atoms with Gasteiger partial charge in [-0.15, -0.1) is 11.3 Å². The molecule has 0 bridgehead atoms. The summed E-state index contributed by atoms with van der Waals surface area (Å²) in [5, 5.41) is 14.6. The fourth-order valence-corrected chi connectivity index (χ4v) is 3.98. The predicted molar refractivity (Wildman–Crippen MR) is 131 cm³/mol. The van der Waals surface area contributed by atoms with Crippen LogP contribution in [0.2, 0.25) is 0 Å². The molecule has 0 aliphatic carbocycles. The smallest absolute Gasteiger partial charge is 0.268 e. The standard InChI is InChI=1S/C26H22N4O2S/c1-19-8-5-6-12-24(19)32-15-14-30-13-7-11-22(30)16-21(17-27)25(31)29-26-28-23(18-33-26)20-9-3-2-4-10-20/h2-13,16,18H,14-15H2,1H3,(H,28,29,31)/b21-16-. The number of anilines is 1. The van der Waals surface area contributed by atoms with E-state index in [0.717, 1.165) is 28.3 Å². The van der Waals surface area contributed by atoms with E-state index in [1.165, 1.54) is 11.3 Å². The molecule has 164 valence electrons. The number of hydrogen-bond donors (Lipinski definition) is 1. The van der Waals surface area contributed by atoms with E-state index in [2.05, 4.69) is 10.3 Å². The molecule has 0 aliphatic heterocycles. The van der Waals surface area contributed by atoms with E-state index >= 15 is 0 Å². The third-order valence-corrected chi connectivity index (χ3v) is 5.76. The first-order valence-corrected chi connectivity index (χ1v) is 11.3. The van der Waals surface area contributed by atoms with Crippen LogP contribution in [0.15, 0.2) is 83.9 Å². The molecule has 0 aliphatic rings. The Morgan fingerprint density at radius 2 is 1.94 bits per heavy atom. The van der Waals surface area contributed by atoms with Gasteiger partial charge >= 0.3 is 0 Å². The number of carbonyl (C=O) groups excluding carboxylic acids is 1. The van der Waals surface area contributed by atoms with Crippen molar-refractivity contribution >= 4 is 28.5 Å². The molecule has 0 unspecified atom stereocenters. The number of benzene rings is 2. The highest BCUT2D eigenvalue weighted by atomic mass is 32.1. The molecule has 0 atom stereocenters. The van der Waals surface area contributed by atoms with Crippen LogP contribution >= 0.6 is 11.3 Å². The van der Waals surface area contributed by atoms with Gasteiger partial charge < -0.3 is 9.30 Å². The van der Waals surface area contributed by atoms with E-state index in [1.54, 1.807) is 6.08 Å². The molecule has 2 heterocycles. The average molecular weight is 455 g/mol. The van der Waals surface area contributed by atoms with Crippen LogP contribution in [-0.4, -0.2) is 22.1 Å². The lowest BCUT2D eigenvalue weighted by Crippen LogP contribution is -2.14.